The van der Waals surface area contributed by atoms with E-state index < -0.39 is 0 Å². The van der Waals surface area contributed by atoms with Crippen LogP contribution in [0.3, 0.4) is 0 Å². The summed E-state index contributed by atoms with van der Waals surface area (Å²) in [6, 6.07) is 84.2. The molecule has 1 atom stereocenters. The lowest BCUT2D eigenvalue weighted by molar-refractivity contribution is 0.626. The summed E-state index contributed by atoms with van der Waals surface area (Å²) in [4.78, 5) is 2.54. The first-order valence-corrected chi connectivity index (χ1v) is 23.1. The lowest BCUT2D eigenvalue weighted by Crippen LogP contribution is -2.24. The van der Waals surface area contributed by atoms with Crippen LogP contribution >= 0.6 is 0 Å². The zero-order valence-electron chi connectivity index (χ0n) is 36.7. The molecule has 10 aromatic rings. The molecule has 13 rings (SSSR count). The van der Waals surface area contributed by atoms with Crippen LogP contribution in [0.15, 0.2) is 224 Å². The van der Waals surface area contributed by atoms with E-state index in [2.05, 4.69) is 243 Å². The second-order valence-corrected chi connectivity index (χ2v) is 18.7. The molecule has 1 unspecified atom stereocenters. The largest absolute Gasteiger partial charge is 0.309 e. The quantitative estimate of drug-likeness (QED) is 0.161. The topological polar surface area (TPSA) is 3.24 Å². The Hall–Kier alpha value is -7.74. The van der Waals surface area contributed by atoms with Gasteiger partial charge in [0.2, 0.25) is 0 Å². The second kappa shape index (κ2) is 14.4. The Bertz CT molecular complexity index is 3520. The number of anilines is 3. The van der Waals surface area contributed by atoms with E-state index in [0.29, 0.717) is 0 Å². The molecule has 0 N–H and O–H groups in total. The van der Waals surface area contributed by atoms with Crippen LogP contribution in [0.25, 0.3) is 66.4 Å². The number of nitrogens with zero attached hydrogens (tertiary/aromatic N) is 1. The maximum atomic E-state index is 2.54. The van der Waals surface area contributed by atoms with Crippen molar-refractivity contribution in [3.05, 3.63) is 258 Å². The predicted molar refractivity (Wildman–Crippen MR) is 273 cm³/mol. The van der Waals surface area contributed by atoms with Gasteiger partial charge in [-0.2, -0.15) is 0 Å². The third-order valence-corrected chi connectivity index (χ3v) is 15.1. The van der Waals surface area contributed by atoms with Gasteiger partial charge in [-0.25, -0.2) is 0 Å². The summed E-state index contributed by atoms with van der Waals surface area (Å²) in [7, 11) is 0. The molecule has 308 valence electrons. The van der Waals surface area contributed by atoms with Gasteiger partial charge >= 0.3 is 0 Å². The van der Waals surface area contributed by atoms with Crippen molar-refractivity contribution in [1.29, 1.82) is 0 Å². The Morgan fingerprint density at radius 2 is 0.923 bits per heavy atom. The van der Waals surface area contributed by atoms with E-state index >= 15 is 0 Å². The number of fused-ring (bicyclic) bond motifs is 11. The van der Waals surface area contributed by atoms with Crippen LogP contribution in [-0.4, -0.2) is 0 Å². The zero-order chi connectivity index (χ0) is 43.3. The Balaban J connectivity index is 1.01. The minimum absolute atomic E-state index is 0.120. The van der Waals surface area contributed by atoms with Crippen LogP contribution in [0, 0.1) is 0 Å². The first kappa shape index (κ1) is 37.8. The van der Waals surface area contributed by atoms with E-state index in [9.17, 15) is 0 Å². The van der Waals surface area contributed by atoms with Gasteiger partial charge in [-0.15, -0.1) is 0 Å². The van der Waals surface area contributed by atoms with Crippen molar-refractivity contribution in [2.24, 2.45) is 0 Å². The average molecular weight is 830 g/mol. The third-order valence-electron chi connectivity index (χ3n) is 15.1. The Morgan fingerprint density at radius 1 is 0.369 bits per heavy atom. The highest BCUT2D eigenvalue weighted by Gasteiger charge is 2.48. The minimum atomic E-state index is -0.202. The van der Waals surface area contributed by atoms with Crippen LogP contribution in [0.4, 0.5) is 17.1 Å². The third kappa shape index (κ3) is 5.52. The Labute approximate surface area is 382 Å². The van der Waals surface area contributed by atoms with E-state index in [4.69, 9.17) is 0 Å². The number of benzene rings is 10. The number of rotatable bonds is 6. The average Bonchev–Trinajstić information content (AvgIpc) is 3.98. The molecule has 0 amide bonds. The molecule has 3 aliphatic carbocycles. The second-order valence-electron chi connectivity index (χ2n) is 18.7. The first-order chi connectivity index (χ1) is 32.0. The van der Waals surface area contributed by atoms with Crippen molar-refractivity contribution in [2.45, 2.75) is 37.5 Å². The van der Waals surface area contributed by atoms with Crippen molar-refractivity contribution in [1.82, 2.24) is 0 Å². The fourth-order valence-corrected chi connectivity index (χ4v) is 12.3. The van der Waals surface area contributed by atoms with Crippen molar-refractivity contribution < 1.29 is 0 Å². The van der Waals surface area contributed by atoms with Crippen LogP contribution in [0.1, 0.15) is 53.6 Å². The SMILES string of the molecule is CC1(C)c2ccccc2-c2cccc(-c3ccccc3-c3ccc(N(c4ccc5c(c4)C4(CCc6ccccc64)c4ccccc4-5)c4c(-c5ccccc5)ccc5ccccc45)cc3)c21. The number of aryl methyl sites for hydroxylation is 1. The molecule has 3 aliphatic rings. The van der Waals surface area contributed by atoms with Gasteiger partial charge in [-0.1, -0.05) is 214 Å². The molecule has 1 spiro atoms. The maximum absolute atomic E-state index is 2.54. The molecule has 0 saturated heterocycles. The van der Waals surface area contributed by atoms with Gasteiger partial charge in [0.1, 0.15) is 0 Å². The van der Waals surface area contributed by atoms with E-state index in [-0.39, 0.29) is 10.8 Å². The molecule has 0 saturated carbocycles. The highest BCUT2D eigenvalue weighted by molar-refractivity contribution is 6.07. The highest BCUT2D eigenvalue weighted by Crippen LogP contribution is 2.60. The molecule has 65 heavy (non-hydrogen) atoms. The molecule has 0 radical (unpaired) electrons. The predicted octanol–water partition coefficient (Wildman–Crippen LogP) is 16.9. The van der Waals surface area contributed by atoms with E-state index in [1.807, 2.05) is 0 Å². The Morgan fingerprint density at radius 3 is 1.72 bits per heavy atom. The minimum Gasteiger partial charge on any atom is -0.309 e. The molecular formula is C64H47N. The van der Waals surface area contributed by atoms with Gasteiger partial charge < -0.3 is 4.90 Å². The fourth-order valence-electron chi connectivity index (χ4n) is 12.3. The van der Waals surface area contributed by atoms with Crippen molar-refractivity contribution in [2.75, 3.05) is 4.90 Å². The first-order valence-electron chi connectivity index (χ1n) is 23.1. The van der Waals surface area contributed by atoms with Crippen LogP contribution in [0.2, 0.25) is 0 Å². The van der Waals surface area contributed by atoms with Gasteiger partial charge in [0, 0.05) is 33.2 Å². The van der Waals surface area contributed by atoms with Crippen LogP contribution < -0.4 is 4.90 Å². The van der Waals surface area contributed by atoms with Crippen LogP contribution in [-0.2, 0) is 17.3 Å². The Kier molecular flexibility index (Phi) is 8.37. The van der Waals surface area contributed by atoms with Gasteiger partial charge in [-0.3, -0.25) is 0 Å². The normalized spacial score (nSPS) is 15.9. The summed E-state index contributed by atoms with van der Waals surface area (Å²) in [6.07, 6.45) is 2.13. The summed E-state index contributed by atoms with van der Waals surface area (Å²) in [5.74, 6) is 0. The lowest BCUT2D eigenvalue weighted by atomic mass is 9.73. The number of hydrogen-bond donors (Lipinski definition) is 0. The summed E-state index contributed by atoms with van der Waals surface area (Å²) in [6.45, 7) is 4.77. The molecule has 1 heteroatoms. The smallest absolute Gasteiger partial charge is 0.0618 e. The van der Waals surface area contributed by atoms with Crippen molar-refractivity contribution >= 4 is 27.8 Å². The molecule has 0 fully saturated rings. The highest BCUT2D eigenvalue weighted by atomic mass is 15.1. The monoisotopic (exact) mass is 829 g/mol. The summed E-state index contributed by atoms with van der Waals surface area (Å²) < 4.78 is 0. The summed E-state index contributed by atoms with van der Waals surface area (Å²) in [5, 5.41) is 2.43. The lowest BCUT2D eigenvalue weighted by Gasteiger charge is -2.32. The van der Waals surface area contributed by atoms with Gasteiger partial charge in [0.15, 0.2) is 0 Å². The summed E-state index contributed by atoms with van der Waals surface area (Å²) >= 11 is 0. The summed E-state index contributed by atoms with van der Waals surface area (Å²) in [5.41, 5.74) is 24.4. The molecular weight excluding hydrogens is 783 g/mol. The maximum Gasteiger partial charge on any atom is 0.0618 e. The van der Waals surface area contributed by atoms with Gasteiger partial charge in [0.25, 0.3) is 0 Å². The molecule has 1 nitrogen and oxygen atoms in total. The molecule has 10 aromatic carbocycles. The molecule has 0 aliphatic heterocycles. The van der Waals surface area contributed by atoms with E-state index in [1.165, 1.54) is 105 Å². The van der Waals surface area contributed by atoms with Crippen molar-refractivity contribution in [3.63, 3.8) is 0 Å². The van der Waals surface area contributed by atoms with Gasteiger partial charge in [-0.05, 0) is 126 Å². The van der Waals surface area contributed by atoms with Gasteiger partial charge in [0.05, 0.1) is 5.69 Å². The van der Waals surface area contributed by atoms with Crippen LogP contribution in [0.5, 0.6) is 0 Å². The van der Waals surface area contributed by atoms with E-state index in [1.54, 1.807) is 0 Å². The molecule has 0 aromatic heterocycles. The zero-order valence-corrected chi connectivity index (χ0v) is 36.7. The van der Waals surface area contributed by atoms with E-state index in [0.717, 1.165) is 24.2 Å². The molecule has 0 bridgehead atoms. The standard InChI is InChI=1S/C64H47N/c1-63(2)58-29-14-11-25-53(58)56-27-16-26-55(61(56)63)51-23-10-9-21-48(51)44-31-34-46(35-32-44)65(62-49-22-8-6-19-43(49)33-37-50(62)42-17-4-3-5-18-42)47-36-38-54-52-24-12-15-30-59(52)64(60(54)41-47)40-39-45-20-7-13-28-57(45)64/h3-38,41H,39-40H2,1-2H3. The molecule has 0 heterocycles. The number of hydrogen-bond acceptors (Lipinski definition) is 1. The fraction of sp³-hybridized carbons (Fsp3) is 0.0938. The van der Waals surface area contributed by atoms with Crippen molar-refractivity contribution in [3.8, 4) is 55.6 Å².